The van der Waals surface area contributed by atoms with Gasteiger partial charge in [-0.25, -0.2) is 4.98 Å². The molecule has 29 heavy (non-hydrogen) atoms. The molecule has 2 heterocycles. The fourth-order valence-electron chi connectivity index (χ4n) is 3.29. The van der Waals surface area contributed by atoms with E-state index in [-0.39, 0.29) is 6.10 Å². The fourth-order valence-corrected chi connectivity index (χ4v) is 3.29. The molecule has 0 radical (unpaired) electrons. The first kappa shape index (κ1) is 22.7. The second-order valence-electron chi connectivity index (χ2n) is 7.92. The highest BCUT2D eigenvalue weighted by atomic mass is 16.5. The minimum atomic E-state index is 0.155. The predicted molar refractivity (Wildman–Crippen MR) is 118 cm³/mol. The van der Waals surface area contributed by atoms with Gasteiger partial charge in [0.1, 0.15) is 0 Å². The molecule has 0 spiro atoms. The summed E-state index contributed by atoms with van der Waals surface area (Å²) in [5, 5.41) is 11.2. The number of hydrogen-bond acceptors (Lipinski definition) is 4. The van der Waals surface area contributed by atoms with Crippen molar-refractivity contribution in [3.05, 3.63) is 41.3 Å². The SMILES string of the molecule is CN=C(NCCCn1nc(C)cc1C)NCc1ccnc(OC(C)CC(C)C)c1. The highest BCUT2D eigenvalue weighted by Gasteiger charge is 2.08. The first-order valence-electron chi connectivity index (χ1n) is 10.4. The van der Waals surface area contributed by atoms with Crippen LogP contribution in [0.25, 0.3) is 0 Å². The van der Waals surface area contributed by atoms with Crippen molar-refractivity contribution in [3.8, 4) is 5.88 Å². The Labute approximate surface area is 175 Å². The third kappa shape index (κ3) is 8.13. The summed E-state index contributed by atoms with van der Waals surface area (Å²) in [7, 11) is 1.78. The number of nitrogens with one attached hydrogen (secondary N) is 2. The summed E-state index contributed by atoms with van der Waals surface area (Å²) >= 11 is 0. The van der Waals surface area contributed by atoms with E-state index >= 15 is 0 Å². The first-order valence-corrected chi connectivity index (χ1v) is 10.4. The molecule has 0 aliphatic carbocycles. The molecule has 2 aromatic rings. The molecule has 160 valence electrons. The van der Waals surface area contributed by atoms with Gasteiger partial charge in [-0.15, -0.1) is 0 Å². The van der Waals surface area contributed by atoms with Gasteiger partial charge in [-0.2, -0.15) is 5.10 Å². The number of hydrogen-bond donors (Lipinski definition) is 2. The Morgan fingerprint density at radius 1 is 1.21 bits per heavy atom. The van der Waals surface area contributed by atoms with Crippen molar-refractivity contribution in [2.24, 2.45) is 10.9 Å². The quantitative estimate of drug-likeness (QED) is 0.363. The lowest BCUT2D eigenvalue weighted by molar-refractivity contribution is 0.185. The lowest BCUT2D eigenvalue weighted by Crippen LogP contribution is -2.37. The topological polar surface area (TPSA) is 76.4 Å². The minimum absolute atomic E-state index is 0.155. The molecule has 0 aromatic carbocycles. The molecular formula is C22H36N6O. The summed E-state index contributed by atoms with van der Waals surface area (Å²) in [5.74, 6) is 2.06. The Bertz CT molecular complexity index is 783. The van der Waals surface area contributed by atoms with Crippen molar-refractivity contribution in [1.82, 2.24) is 25.4 Å². The Hall–Kier alpha value is -2.57. The number of rotatable bonds is 10. The van der Waals surface area contributed by atoms with Gasteiger partial charge >= 0.3 is 0 Å². The summed E-state index contributed by atoms with van der Waals surface area (Å²) in [6.07, 6.45) is 3.93. The van der Waals surface area contributed by atoms with E-state index in [2.05, 4.69) is 59.5 Å². The van der Waals surface area contributed by atoms with Gasteiger partial charge in [-0.05, 0) is 57.2 Å². The van der Waals surface area contributed by atoms with Crippen LogP contribution >= 0.6 is 0 Å². The molecule has 7 heteroatoms. The van der Waals surface area contributed by atoms with Gasteiger partial charge in [0, 0.05) is 44.6 Å². The molecule has 2 N–H and O–H groups in total. The van der Waals surface area contributed by atoms with Crippen molar-refractivity contribution >= 4 is 5.96 Å². The minimum Gasteiger partial charge on any atom is -0.475 e. The van der Waals surface area contributed by atoms with Gasteiger partial charge in [-0.1, -0.05) is 13.8 Å². The van der Waals surface area contributed by atoms with E-state index in [4.69, 9.17) is 4.74 Å². The normalized spacial score (nSPS) is 12.9. The summed E-state index contributed by atoms with van der Waals surface area (Å²) in [6, 6.07) is 6.08. The van der Waals surface area contributed by atoms with Crippen LogP contribution < -0.4 is 15.4 Å². The lowest BCUT2D eigenvalue weighted by atomic mass is 10.1. The monoisotopic (exact) mass is 400 g/mol. The molecule has 0 aliphatic rings. The standard InChI is InChI=1S/C22H36N6O/c1-16(2)12-19(5)29-21-14-20(8-10-24-21)15-26-22(23-6)25-9-7-11-28-18(4)13-17(3)27-28/h8,10,13-14,16,19H,7,9,11-12,15H2,1-6H3,(H2,23,25,26). The van der Waals surface area contributed by atoms with E-state index in [0.29, 0.717) is 18.3 Å². The second kappa shape index (κ2) is 11.4. The van der Waals surface area contributed by atoms with Crippen LogP contribution in [0.5, 0.6) is 5.88 Å². The second-order valence-corrected chi connectivity index (χ2v) is 7.92. The Morgan fingerprint density at radius 3 is 2.66 bits per heavy atom. The maximum atomic E-state index is 5.94. The van der Waals surface area contributed by atoms with E-state index < -0.39 is 0 Å². The number of aryl methyl sites for hydroxylation is 3. The number of aromatic nitrogens is 3. The number of ether oxygens (including phenoxy) is 1. The van der Waals surface area contributed by atoms with Crippen LogP contribution in [0.4, 0.5) is 0 Å². The Morgan fingerprint density at radius 2 is 2.00 bits per heavy atom. The third-order valence-electron chi connectivity index (χ3n) is 4.55. The van der Waals surface area contributed by atoms with Gasteiger partial charge < -0.3 is 15.4 Å². The van der Waals surface area contributed by atoms with Crippen molar-refractivity contribution in [2.45, 2.75) is 66.7 Å². The van der Waals surface area contributed by atoms with Crippen molar-refractivity contribution < 1.29 is 4.74 Å². The van der Waals surface area contributed by atoms with Crippen LogP contribution in [0, 0.1) is 19.8 Å². The zero-order valence-corrected chi connectivity index (χ0v) is 18.7. The maximum Gasteiger partial charge on any atom is 0.213 e. The van der Waals surface area contributed by atoms with Crippen LogP contribution in [0.15, 0.2) is 29.4 Å². The molecule has 2 rings (SSSR count). The highest BCUT2D eigenvalue weighted by molar-refractivity contribution is 5.79. The van der Waals surface area contributed by atoms with Crippen molar-refractivity contribution in [1.29, 1.82) is 0 Å². The zero-order valence-electron chi connectivity index (χ0n) is 18.7. The average Bonchev–Trinajstić information content (AvgIpc) is 2.98. The van der Waals surface area contributed by atoms with Crippen molar-refractivity contribution in [2.75, 3.05) is 13.6 Å². The molecule has 2 aromatic heterocycles. The summed E-state index contributed by atoms with van der Waals surface area (Å²) in [4.78, 5) is 8.63. The number of aliphatic imine (C=N–C) groups is 1. The largest absolute Gasteiger partial charge is 0.475 e. The molecule has 0 amide bonds. The zero-order chi connectivity index (χ0) is 21.2. The molecule has 1 unspecified atom stereocenters. The van der Waals surface area contributed by atoms with Gasteiger partial charge in [0.05, 0.1) is 11.8 Å². The third-order valence-corrected chi connectivity index (χ3v) is 4.55. The predicted octanol–water partition coefficient (Wildman–Crippen LogP) is 3.46. The summed E-state index contributed by atoms with van der Waals surface area (Å²) in [5.41, 5.74) is 3.37. The van der Waals surface area contributed by atoms with E-state index in [1.54, 1.807) is 13.2 Å². The van der Waals surface area contributed by atoms with Gasteiger partial charge in [-0.3, -0.25) is 9.67 Å². The molecule has 0 saturated carbocycles. The van der Waals surface area contributed by atoms with Gasteiger partial charge in [0.25, 0.3) is 0 Å². The number of nitrogens with zero attached hydrogens (tertiary/aromatic N) is 4. The van der Waals surface area contributed by atoms with Crippen LogP contribution in [-0.4, -0.2) is 40.4 Å². The molecule has 0 bridgehead atoms. The van der Waals surface area contributed by atoms with E-state index in [1.807, 2.05) is 23.7 Å². The molecule has 1 atom stereocenters. The molecule has 0 aliphatic heterocycles. The van der Waals surface area contributed by atoms with Gasteiger partial charge in [0.2, 0.25) is 5.88 Å². The van der Waals surface area contributed by atoms with Crippen LogP contribution in [0.3, 0.4) is 0 Å². The van der Waals surface area contributed by atoms with Gasteiger partial charge in [0.15, 0.2) is 5.96 Å². The molecule has 0 fully saturated rings. The molecule has 7 nitrogen and oxygen atoms in total. The number of pyridine rings is 1. The Balaban J connectivity index is 1.75. The highest BCUT2D eigenvalue weighted by Crippen LogP contribution is 2.14. The first-order chi connectivity index (χ1) is 13.9. The summed E-state index contributed by atoms with van der Waals surface area (Å²) in [6.45, 7) is 13.0. The van der Waals surface area contributed by atoms with Crippen LogP contribution in [0.2, 0.25) is 0 Å². The van der Waals surface area contributed by atoms with Crippen LogP contribution in [0.1, 0.15) is 50.6 Å². The van der Waals surface area contributed by atoms with E-state index in [1.165, 1.54) is 5.69 Å². The lowest BCUT2D eigenvalue weighted by Gasteiger charge is -2.16. The smallest absolute Gasteiger partial charge is 0.213 e. The van der Waals surface area contributed by atoms with Crippen LogP contribution in [-0.2, 0) is 13.1 Å². The fraction of sp³-hybridized carbons (Fsp3) is 0.591. The Kier molecular flexibility index (Phi) is 8.96. The number of guanidine groups is 1. The van der Waals surface area contributed by atoms with E-state index in [9.17, 15) is 0 Å². The maximum absolute atomic E-state index is 5.94. The van der Waals surface area contributed by atoms with Crippen molar-refractivity contribution in [3.63, 3.8) is 0 Å². The summed E-state index contributed by atoms with van der Waals surface area (Å²) < 4.78 is 7.99. The average molecular weight is 401 g/mol. The molecular weight excluding hydrogens is 364 g/mol. The van der Waals surface area contributed by atoms with E-state index in [0.717, 1.165) is 43.1 Å². The molecule has 0 saturated heterocycles.